The van der Waals surface area contributed by atoms with E-state index >= 15 is 0 Å². The van der Waals surface area contributed by atoms with Crippen molar-refractivity contribution >= 4 is 17.4 Å². The monoisotopic (exact) mass is 351 g/mol. The second kappa shape index (κ2) is 7.00. The van der Waals surface area contributed by atoms with E-state index in [4.69, 9.17) is 4.42 Å². The van der Waals surface area contributed by atoms with Crippen LogP contribution in [0.2, 0.25) is 0 Å². The number of furan rings is 1. The van der Waals surface area contributed by atoms with E-state index in [-0.39, 0.29) is 11.7 Å². The molecule has 0 atom stereocenters. The Morgan fingerprint density at radius 2 is 1.96 bits per heavy atom. The van der Waals surface area contributed by atoms with Gasteiger partial charge in [-0.15, -0.1) is 0 Å². The lowest BCUT2D eigenvalue weighted by atomic mass is 10.2. The summed E-state index contributed by atoms with van der Waals surface area (Å²) < 4.78 is 18.8. The molecule has 1 fully saturated rings. The molecule has 1 aliphatic rings. The number of hydrogen-bond acceptors (Lipinski definition) is 4. The van der Waals surface area contributed by atoms with Crippen LogP contribution in [0.4, 0.5) is 15.9 Å². The first-order valence-corrected chi connectivity index (χ1v) is 8.54. The second-order valence-electron chi connectivity index (χ2n) is 6.18. The smallest absolute Gasteiger partial charge is 0.227 e. The van der Waals surface area contributed by atoms with E-state index in [2.05, 4.69) is 10.3 Å². The summed E-state index contributed by atoms with van der Waals surface area (Å²) in [6, 6.07) is 13.7. The van der Waals surface area contributed by atoms with Gasteiger partial charge in [0.1, 0.15) is 23.2 Å². The van der Waals surface area contributed by atoms with E-state index in [1.165, 1.54) is 12.1 Å². The summed E-state index contributed by atoms with van der Waals surface area (Å²) in [5, 5.41) is 3.20. The molecule has 1 aromatic carbocycles. The van der Waals surface area contributed by atoms with Gasteiger partial charge in [-0.2, -0.15) is 0 Å². The van der Waals surface area contributed by atoms with Crippen LogP contribution in [0, 0.1) is 5.82 Å². The second-order valence-corrected chi connectivity index (χ2v) is 6.18. The number of nitrogens with one attached hydrogen (secondary N) is 1. The van der Waals surface area contributed by atoms with Gasteiger partial charge in [0.2, 0.25) is 5.91 Å². The summed E-state index contributed by atoms with van der Waals surface area (Å²) in [7, 11) is 0. The van der Waals surface area contributed by atoms with Crippen molar-refractivity contribution in [2.45, 2.75) is 19.4 Å². The number of aromatic nitrogens is 1. The lowest BCUT2D eigenvalue weighted by molar-refractivity contribution is -0.117. The molecule has 0 aliphatic carbocycles. The Morgan fingerprint density at radius 1 is 1.12 bits per heavy atom. The first-order chi connectivity index (χ1) is 12.7. The number of hydrogen-bond donors (Lipinski definition) is 1. The lowest BCUT2D eigenvalue weighted by Gasteiger charge is -2.15. The Hall–Kier alpha value is -3.15. The van der Waals surface area contributed by atoms with Crippen molar-refractivity contribution in [2.24, 2.45) is 0 Å². The van der Waals surface area contributed by atoms with Gasteiger partial charge in [0.15, 0.2) is 0 Å². The molecule has 1 N–H and O–H groups in total. The summed E-state index contributed by atoms with van der Waals surface area (Å²) in [5.41, 5.74) is 1.66. The molecular weight excluding hydrogens is 333 g/mol. The average molecular weight is 351 g/mol. The Labute approximate surface area is 150 Å². The molecule has 3 aromatic rings. The highest BCUT2D eigenvalue weighted by Gasteiger charge is 2.21. The number of amides is 1. The largest absolute Gasteiger partial charge is 0.459 e. The van der Waals surface area contributed by atoms with Crippen LogP contribution in [0.15, 0.2) is 59.1 Å². The van der Waals surface area contributed by atoms with Crippen LogP contribution in [-0.4, -0.2) is 17.4 Å². The van der Waals surface area contributed by atoms with Crippen LogP contribution in [0.1, 0.15) is 18.6 Å². The number of rotatable bonds is 5. The molecule has 26 heavy (non-hydrogen) atoms. The standard InChI is InChI=1S/C20H18FN3O2/c21-15-5-3-14(4-6-15)18-9-8-17(26-18)13-23-19-10-7-16(12-22-19)24-11-1-2-20(24)25/h3-10,12H,1-2,11,13H2,(H,22,23). The van der Waals surface area contributed by atoms with Crippen LogP contribution in [-0.2, 0) is 11.3 Å². The first kappa shape index (κ1) is 16.3. The predicted molar refractivity (Wildman–Crippen MR) is 97.3 cm³/mol. The molecule has 0 saturated carbocycles. The maximum atomic E-state index is 13.0. The molecule has 0 bridgehead atoms. The van der Waals surface area contributed by atoms with E-state index in [1.807, 2.05) is 24.3 Å². The number of carbonyl (C=O) groups is 1. The van der Waals surface area contributed by atoms with Crippen LogP contribution < -0.4 is 10.2 Å². The number of benzene rings is 1. The zero-order chi connectivity index (χ0) is 17.9. The van der Waals surface area contributed by atoms with Crippen molar-refractivity contribution in [1.82, 2.24) is 4.98 Å². The number of anilines is 2. The highest BCUT2D eigenvalue weighted by atomic mass is 19.1. The van der Waals surface area contributed by atoms with E-state index in [9.17, 15) is 9.18 Å². The normalized spacial score (nSPS) is 14.0. The Morgan fingerprint density at radius 3 is 2.65 bits per heavy atom. The van der Waals surface area contributed by atoms with Gasteiger partial charge < -0.3 is 14.6 Å². The molecule has 132 valence electrons. The highest BCUT2D eigenvalue weighted by molar-refractivity contribution is 5.95. The van der Waals surface area contributed by atoms with Crippen molar-refractivity contribution < 1.29 is 13.6 Å². The third kappa shape index (κ3) is 3.44. The molecular formula is C20H18FN3O2. The number of halogens is 1. The van der Waals surface area contributed by atoms with E-state index in [1.54, 1.807) is 23.2 Å². The van der Waals surface area contributed by atoms with Gasteiger partial charge in [0.05, 0.1) is 18.4 Å². The Bertz CT molecular complexity index is 904. The van der Waals surface area contributed by atoms with Crippen molar-refractivity contribution in [1.29, 1.82) is 0 Å². The van der Waals surface area contributed by atoms with Crippen LogP contribution in [0.5, 0.6) is 0 Å². The number of carbonyl (C=O) groups excluding carboxylic acids is 1. The fourth-order valence-corrected chi connectivity index (χ4v) is 2.99. The van der Waals surface area contributed by atoms with Crippen LogP contribution in [0.25, 0.3) is 11.3 Å². The summed E-state index contributed by atoms with van der Waals surface area (Å²) in [6.45, 7) is 1.24. The minimum absolute atomic E-state index is 0.149. The van der Waals surface area contributed by atoms with Gasteiger partial charge >= 0.3 is 0 Å². The van der Waals surface area contributed by atoms with Crippen molar-refractivity contribution in [3.05, 3.63) is 66.3 Å². The number of nitrogens with zero attached hydrogens (tertiary/aromatic N) is 2. The van der Waals surface area contributed by atoms with E-state index in [0.29, 0.717) is 24.5 Å². The predicted octanol–water partition coefficient (Wildman–Crippen LogP) is 4.22. The van der Waals surface area contributed by atoms with Gasteiger partial charge in [-0.1, -0.05) is 0 Å². The molecule has 3 heterocycles. The third-order valence-electron chi connectivity index (χ3n) is 4.37. The number of pyridine rings is 1. The summed E-state index contributed by atoms with van der Waals surface area (Å²) in [6.07, 6.45) is 3.21. The fourth-order valence-electron chi connectivity index (χ4n) is 2.99. The molecule has 4 rings (SSSR count). The van der Waals surface area contributed by atoms with Crippen LogP contribution in [0.3, 0.4) is 0 Å². The molecule has 6 heteroatoms. The van der Waals surface area contributed by atoms with Gasteiger partial charge in [-0.3, -0.25) is 4.79 Å². The minimum atomic E-state index is -0.271. The Balaban J connectivity index is 1.38. The molecule has 1 saturated heterocycles. The zero-order valence-electron chi connectivity index (χ0n) is 14.1. The maximum absolute atomic E-state index is 13.0. The Kier molecular flexibility index (Phi) is 4.39. The van der Waals surface area contributed by atoms with Gasteiger partial charge in [-0.05, 0) is 55.0 Å². The van der Waals surface area contributed by atoms with Crippen molar-refractivity contribution in [2.75, 3.05) is 16.8 Å². The molecule has 5 nitrogen and oxygen atoms in total. The van der Waals surface area contributed by atoms with Crippen molar-refractivity contribution in [3.8, 4) is 11.3 Å². The zero-order valence-corrected chi connectivity index (χ0v) is 14.1. The molecule has 1 aliphatic heterocycles. The fraction of sp³-hybridized carbons (Fsp3) is 0.200. The maximum Gasteiger partial charge on any atom is 0.227 e. The topological polar surface area (TPSA) is 58.4 Å². The quantitative estimate of drug-likeness (QED) is 0.748. The molecule has 2 aromatic heterocycles. The molecule has 0 spiro atoms. The van der Waals surface area contributed by atoms with E-state index < -0.39 is 0 Å². The van der Waals surface area contributed by atoms with Gasteiger partial charge in [0.25, 0.3) is 0 Å². The van der Waals surface area contributed by atoms with Crippen molar-refractivity contribution in [3.63, 3.8) is 0 Å². The SMILES string of the molecule is O=C1CCCN1c1ccc(NCc2ccc(-c3ccc(F)cc3)o2)nc1. The summed E-state index contributed by atoms with van der Waals surface area (Å²) >= 11 is 0. The van der Waals surface area contributed by atoms with Crippen LogP contribution >= 0.6 is 0 Å². The summed E-state index contributed by atoms with van der Waals surface area (Å²) in [4.78, 5) is 17.9. The van der Waals surface area contributed by atoms with Gasteiger partial charge in [0, 0.05) is 18.5 Å². The third-order valence-corrected chi connectivity index (χ3v) is 4.37. The molecule has 0 unspecified atom stereocenters. The van der Waals surface area contributed by atoms with E-state index in [0.717, 1.165) is 30.0 Å². The average Bonchev–Trinajstić information content (AvgIpc) is 3.30. The summed E-state index contributed by atoms with van der Waals surface area (Å²) in [5.74, 6) is 2.03. The lowest BCUT2D eigenvalue weighted by Crippen LogP contribution is -2.23. The minimum Gasteiger partial charge on any atom is -0.459 e. The molecule has 1 amide bonds. The highest BCUT2D eigenvalue weighted by Crippen LogP contribution is 2.24. The molecule has 0 radical (unpaired) electrons. The first-order valence-electron chi connectivity index (χ1n) is 8.54. The van der Waals surface area contributed by atoms with Gasteiger partial charge in [-0.25, -0.2) is 9.37 Å².